The predicted molar refractivity (Wildman–Crippen MR) is 75.4 cm³/mol. The number of rotatable bonds is 4. The van der Waals surface area contributed by atoms with Crippen LogP contribution in [0.1, 0.15) is 16.1 Å². The highest BCUT2D eigenvalue weighted by molar-refractivity contribution is 7.13. The number of nitrogens with zero attached hydrogens (tertiary/aromatic N) is 1. The van der Waals surface area contributed by atoms with E-state index in [1.807, 2.05) is 47.8 Å². The molecule has 3 rings (SSSR count). The number of hydrogen-bond donors (Lipinski definition) is 0. The molecule has 0 saturated carbocycles. The first-order valence-electron chi connectivity index (χ1n) is 6.04. The highest BCUT2D eigenvalue weighted by atomic mass is 32.1. The van der Waals surface area contributed by atoms with Gasteiger partial charge in [-0.25, -0.2) is 4.79 Å². The average molecular weight is 285 g/mol. The molecule has 20 heavy (non-hydrogen) atoms. The van der Waals surface area contributed by atoms with E-state index >= 15 is 0 Å². The van der Waals surface area contributed by atoms with E-state index in [9.17, 15) is 4.79 Å². The quantitative estimate of drug-likeness (QED) is 0.685. The van der Waals surface area contributed by atoms with Crippen molar-refractivity contribution >= 4 is 17.3 Å². The maximum absolute atomic E-state index is 11.9. The first-order valence-corrected chi connectivity index (χ1v) is 6.92. The molecule has 0 spiro atoms. The minimum absolute atomic E-state index is 0.185. The lowest BCUT2D eigenvalue weighted by Crippen LogP contribution is -2.05. The van der Waals surface area contributed by atoms with Crippen molar-refractivity contribution in [2.75, 3.05) is 0 Å². The van der Waals surface area contributed by atoms with Crippen molar-refractivity contribution in [3.05, 3.63) is 65.2 Å². The number of carbonyl (C=O) groups is 1. The van der Waals surface area contributed by atoms with Crippen molar-refractivity contribution in [3.63, 3.8) is 0 Å². The number of carbonyl (C=O) groups excluding carboxylic acids is 1. The van der Waals surface area contributed by atoms with Crippen LogP contribution in [0.2, 0.25) is 0 Å². The fourth-order valence-electron chi connectivity index (χ4n) is 1.70. The number of ether oxygens (including phenoxy) is 1. The van der Waals surface area contributed by atoms with Crippen LogP contribution in [0, 0.1) is 0 Å². The third-order valence-electron chi connectivity index (χ3n) is 2.70. The number of hydrogen-bond acceptors (Lipinski definition) is 5. The van der Waals surface area contributed by atoms with Crippen molar-refractivity contribution in [2.45, 2.75) is 6.61 Å². The van der Waals surface area contributed by atoms with E-state index in [0.717, 1.165) is 10.4 Å². The van der Waals surface area contributed by atoms with E-state index in [4.69, 9.17) is 9.26 Å². The summed E-state index contributed by atoms with van der Waals surface area (Å²) in [5.74, 6) is 0.0899. The largest absolute Gasteiger partial charge is 0.456 e. The molecule has 4 nitrogen and oxygen atoms in total. The molecule has 0 atom stereocenters. The van der Waals surface area contributed by atoms with Crippen LogP contribution in [0.4, 0.5) is 0 Å². The van der Waals surface area contributed by atoms with Gasteiger partial charge in [0, 0.05) is 6.07 Å². The molecule has 0 aliphatic carbocycles. The third kappa shape index (κ3) is 2.78. The van der Waals surface area contributed by atoms with Gasteiger partial charge in [0.05, 0.1) is 4.88 Å². The minimum Gasteiger partial charge on any atom is -0.456 e. The Hall–Kier alpha value is -2.40. The van der Waals surface area contributed by atoms with Gasteiger partial charge >= 0.3 is 5.97 Å². The van der Waals surface area contributed by atoms with Gasteiger partial charge in [-0.05, 0) is 17.0 Å². The summed E-state index contributed by atoms with van der Waals surface area (Å²) in [6.07, 6.45) is 0. The molecule has 1 aromatic carbocycles. The smallest absolute Gasteiger partial charge is 0.360 e. The van der Waals surface area contributed by atoms with E-state index < -0.39 is 5.97 Å². The van der Waals surface area contributed by atoms with Gasteiger partial charge in [-0.1, -0.05) is 41.6 Å². The zero-order chi connectivity index (χ0) is 13.8. The molecule has 0 N–H and O–H groups in total. The molecule has 3 aromatic rings. The molecule has 0 fully saturated rings. The predicted octanol–water partition coefficient (Wildman–Crippen LogP) is 3.76. The second kappa shape index (κ2) is 5.71. The van der Waals surface area contributed by atoms with Gasteiger partial charge in [-0.15, -0.1) is 11.3 Å². The zero-order valence-electron chi connectivity index (χ0n) is 10.5. The normalized spacial score (nSPS) is 10.4. The highest BCUT2D eigenvalue weighted by Crippen LogP contribution is 2.25. The zero-order valence-corrected chi connectivity index (χ0v) is 11.3. The van der Waals surface area contributed by atoms with E-state index in [1.54, 1.807) is 6.07 Å². The Labute approximate surface area is 119 Å². The highest BCUT2D eigenvalue weighted by Gasteiger charge is 2.15. The minimum atomic E-state index is -0.486. The summed E-state index contributed by atoms with van der Waals surface area (Å²) in [5, 5.41) is 5.68. The van der Waals surface area contributed by atoms with Gasteiger partial charge in [0.25, 0.3) is 0 Å². The fourth-order valence-corrected chi connectivity index (χ4v) is 2.38. The maximum atomic E-state index is 11.9. The first kappa shape index (κ1) is 12.6. The molecular formula is C15H11NO3S. The van der Waals surface area contributed by atoms with Gasteiger partial charge in [-0.3, -0.25) is 0 Å². The molecule has 2 heterocycles. The van der Waals surface area contributed by atoms with E-state index in [2.05, 4.69) is 5.16 Å². The second-order valence-corrected chi connectivity index (χ2v) is 5.06. The first-order chi connectivity index (χ1) is 9.83. The van der Waals surface area contributed by atoms with Crippen LogP contribution in [-0.4, -0.2) is 11.1 Å². The Morgan fingerprint density at radius 1 is 1.20 bits per heavy atom. The number of aromatic nitrogens is 1. The lowest BCUT2D eigenvalue weighted by atomic mass is 10.2. The lowest BCUT2D eigenvalue weighted by Gasteiger charge is -2.01. The van der Waals surface area contributed by atoms with E-state index in [1.165, 1.54) is 11.3 Å². The third-order valence-corrected chi connectivity index (χ3v) is 3.58. The molecule has 0 bridgehead atoms. The topological polar surface area (TPSA) is 52.3 Å². The second-order valence-electron chi connectivity index (χ2n) is 4.12. The van der Waals surface area contributed by atoms with Gasteiger partial charge in [-0.2, -0.15) is 0 Å². The molecule has 0 radical (unpaired) electrons. The van der Waals surface area contributed by atoms with Gasteiger partial charge < -0.3 is 9.26 Å². The van der Waals surface area contributed by atoms with E-state index in [-0.39, 0.29) is 12.3 Å². The monoisotopic (exact) mass is 285 g/mol. The van der Waals surface area contributed by atoms with E-state index in [0.29, 0.717) is 5.76 Å². The Morgan fingerprint density at radius 2 is 2.05 bits per heavy atom. The molecule has 2 aromatic heterocycles. The summed E-state index contributed by atoms with van der Waals surface area (Å²) in [6.45, 7) is 0.223. The number of esters is 1. The van der Waals surface area contributed by atoms with Crippen molar-refractivity contribution in [1.29, 1.82) is 0 Å². The maximum Gasteiger partial charge on any atom is 0.360 e. The number of benzene rings is 1. The van der Waals surface area contributed by atoms with Crippen LogP contribution >= 0.6 is 11.3 Å². The summed E-state index contributed by atoms with van der Waals surface area (Å²) < 4.78 is 10.3. The summed E-state index contributed by atoms with van der Waals surface area (Å²) in [6, 6.07) is 14.9. The molecule has 0 amide bonds. The Morgan fingerprint density at radius 3 is 2.80 bits per heavy atom. The molecule has 0 aliphatic rings. The summed E-state index contributed by atoms with van der Waals surface area (Å²) >= 11 is 1.53. The van der Waals surface area contributed by atoms with Gasteiger partial charge in [0.15, 0.2) is 11.5 Å². The SMILES string of the molecule is O=C(OCc1ccccc1)c1cc(-c2cccs2)on1. The summed E-state index contributed by atoms with van der Waals surface area (Å²) in [7, 11) is 0. The standard InChI is InChI=1S/C15H11NO3S/c17-15(18-10-11-5-2-1-3-6-11)12-9-13(19-16-12)14-7-4-8-20-14/h1-9H,10H2. The van der Waals surface area contributed by atoms with Crippen molar-refractivity contribution < 1.29 is 14.1 Å². The Balaban J connectivity index is 1.66. The van der Waals surface area contributed by atoms with Crippen molar-refractivity contribution in [2.24, 2.45) is 0 Å². The van der Waals surface area contributed by atoms with Crippen molar-refractivity contribution in [3.8, 4) is 10.6 Å². The van der Waals surface area contributed by atoms with Gasteiger partial charge in [0.1, 0.15) is 6.61 Å². The van der Waals surface area contributed by atoms with Crippen molar-refractivity contribution in [1.82, 2.24) is 5.16 Å². The number of thiophene rings is 1. The lowest BCUT2D eigenvalue weighted by molar-refractivity contribution is 0.0461. The Kier molecular flexibility index (Phi) is 3.60. The average Bonchev–Trinajstić information content (AvgIpc) is 3.16. The van der Waals surface area contributed by atoms with Crippen LogP contribution in [0.15, 0.2) is 58.4 Å². The summed E-state index contributed by atoms with van der Waals surface area (Å²) in [4.78, 5) is 12.8. The molecule has 0 aliphatic heterocycles. The summed E-state index contributed by atoms with van der Waals surface area (Å²) in [5.41, 5.74) is 1.12. The fraction of sp³-hybridized carbons (Fsp3) is 0.0667. The molecule has 0 unspecified atom stereocenters. The molecule has 100 valence electrons. The molecule has 5 heteroatoms. The molecular weight excluding hydrogens is 274 g/mol. The van der Waals surface area contributed by atoms with Gasteiger partial charge in [0.2, 0.25) is 0 Å². The van der Waals surface area contributed by atoms with Crippen LogP contribution in [0.5, 0.6) is 0 Å². The van der Waals surface area contributed by atoms with Crippen LogP contribution < -0.4 is 0 Å². The van der Waals surface area contributed by atoms with Crippen LogP contribution in [0.3, 0.4) is 0 Å². The molecule has 0 saturated heterocycles. The van der Waals surface area contributed by atoms with Crippen LogP contribution in [0.25, 0.3) is 10.6 Å². The van der Waals surface area contributed by atoms with Crippen LogP contribution in [-0.2, 0) is 11.3 Å². The Bertz CT molecular complexity index is 689.